The fourth-order valence-corrected chi connectivity index (χ4v) is 9.60. The van der Waals surface area contributed by atoms with Crippen LogP contribution in [0.2, 0.25) is 26.2 Å². The Labute approximate surface area is 95.3 Å². The number of thiophene rings is 1. The topological polar surface area (TPSA) is 0 Å². The van der Waals surface area contributed by atoms with E-state index in [0.717, 1.165) is 0 Å². The van der Waals surface area contributed by atoms with Gasteiger partial charge in [0.05, 0.1) is 0 Å². The maximum absolute atomic E-state index is 6.42. The van der Waals surface area contributed by atoms with Gasteiger partial charge in [0.25, 0.3) is 0 Å². The molecule has 0 amide bonds. The largest absolute Gasteiger partial charge is 0.191 e. The van der Waals surface area contributed by atoms with Crippen LogP contribution in [-0.4, -0.2) is 14.8 Å². The summed E-state index contributed by atoms with van der Waals surface area (Å²) in [5, 5.41) is 3.45. The summed E-state index contributed by atoms with van der Waals surface area (Å²) in [5.41, 5.74) is 0. The molecule has 0 unspecified atom stereocenters. The lowest BCUT2D eigenvalue weighted by Crippen LogP contribution is -2.51. The first-order chi connectivity index (χ1) is 5.73. The highest BCUT2D eigenvalue weighted by atomic mass is 35.6. The molecule has 0 nitrogen and oxygen atoms in total. The van der Waals surface area contributed by atoms with E-state index in [0.29, 0.717) is 0 Å². The Morgan fingerprint density at radius 1 is 1.08 bits per heavy atom. The maximum atomic E-state index is 6.42. The van der Waals surface area contributed by atoms with Crippen LogP contribution in [0.25, 0.3) is 0 Å². The zero-order chi connectivity index (χ0) is 10.3. The van der Waals surface area contributed by atoms with Crippen LogP contribution < -0.4 is 9.69 Å². The van der Waals surface area contributed by atoms with Crippen LogP contribution in [0.5, 0.6) is 0 Å². The van der Waals surface area contributed by atoms with Crippen LogP contribution >= 0.6 is 33.5 Å². The van der Waals surface area contributed by atoms with E-state index in [1.807, 2.05) is 0 Å². The smallest absolute Gasteiger partial charge is 0.161 e. The number of halogens is 2. The molecule has 0 N–H and O–H groups in total. The summed E-state index contributed by atoms with van der Waals surface area (Å²) in [7, 11) is -3.40. The molecule has 0 saturated carbocycles. The van der Waals surface area contributed by atoms with Crippen molar-refractivity contribution in [1.29, 1.82) is 0 Å². The zero-order valence-electron chi connectivity index (χ0n) is 8.32. The second-order valence-corrected chi connectivity index (χ2v) is 18.0. The number of rotatable bonds is 2. The predicted octanol–water partition coefficient (Wildman–Crippen LogP) is 3.05. The van der Waals surface area contributed by atoms with Crippen molar-refractivity contribution in [2.45, 2.75) is 26.2 Å². The molecule has 0 aliphatic rings. The number of hydrogen-bond donors (Lipinski definition) is 0. The fourth-order valence-electron chi connectivity index (χ4n) is 1.24. The van der Waals surface area contributed by atoms with Gasteiger partial charge in [-0.05, 0) is 10.6 Å². The number of hydrogen-bond acceptors (Lipinski definition) is 1. The van der Waals surface area contributed by atoms with Crippen molar-refractivity contribution >= 4 is 57.9 Å². The first-order valence-electron chi connectivity index (χ1n) is 4.19. The minimum atomic E-state index is -1.70. The van der Waals surface area contributed by atoms with Crippen molar-refractivity contribution < 1.29 is 0 Å². The van der Waals surface area contributed by atoms with E-state index in [4.69, 9.17) is 22.2 Å². The van der Waals surface area contributed by atoms with Crippen molar-refractivity contribution in [3.8, 4) is 0 Å². The molecule has 1 heterocycles. The first kappa shape index (κ1) is 11.8. The third-order valence-corrected chi connectivity index (χ3v) is 9.45. The Bertz CT molecular complexity index is 267. The third kappa shape index (κ3) is 2.83. The molecule has 0 fully saturated rings. The zero-order valence-corrected chi connectivity index (χ0v) is 12.6. The lowest BCUT2D eigenvalue weighted by Gasteiger charge is -2.19. The lowest BCUT2D eigenvalue weighted by atomic mass is 10.7. The van der Waals surface area contributed by atoms with Gasteiger partial charge < -0.3 is 0 Å². The molecule has 0 spiro atoms. The molecule has 0 bridgehead atoms. The molecule has 0 aliphatic carbocycles. The van der Waals surface area contributed by atoms with E-state index in [2.05, 4.69) is 37.6 Å². The third-order valence-electron chi connectivity index (χ3n) is 1.85. The SMILES string of the molecule is C[Si](C)(Cl)c1ccsc1[Si](C)(C)Cl. The molecule has 1 rings (SSSR count). The van der Waals surface area contributed by atoms with Crippen LogP contribution in [0, 0.1) is 0 Å². The van der Waals surface area contributed by atoms with Crippen molar-refractivity contribution in [2.24, 2.45) is 0 Å². The molecule has 13 heavy (non-hydrogen) atoms. The van der Waals surface area contributed by atoms with E-state index >= 15 is 0 Å². The quantitative estimate of drug-likeness (QED) is 0.572. The van der Waals surface area contributed by atoms with E-state index in [1.165, 1.54) is 9.69 Å². The molecule has 1 aromatic rings. The highest BCUT2D eigenvalue weighted by Crippen LogP contribution is 2.16. The second kappa shape index (κ2) is 3.70. The van der Waals surface area contributed by atoms with Crippen molar-refractivity contribution in [2.75, 3.05) is 0 Å². The van der Waals surface area contributed by atoms with Gasteiger partial charge in [-0.15, -0.1) is 0 Å². The summed E-state index contributed by atoms with van der Waals surface area (Å²) in [6.45, 7) is 8.61. The normalized spacial score (nSPS) is 13.4. The van der Waals surface area contributed by atoms with Crippen LogP contribution in [-0.2, 0) is 0 Å². The average molecular weight is 269 g/mol. The molecular weight excluding hydrogens is 255 g/mol. The molecule has 74 valence electrons. The molecule has 0 radical (unpaired) electrons. The Morgan fingerprint density at radius 3 is 1.92 bits per heavy atom. The standard InChI is InChI=1S/C8H14Cl2SSi2/c1-12(2,9)7-5-6-11-8(7)13(3,4)10/h5-6H,1-4H3. The van der Waals surface area contributed by atoms with E-state index in [9.17, 15) is 0 Å². The van der Waals surface area contributed by atoms with E-state index in [1.54, 1.807) is 11.3 Å². The van der Waals surface area contributed by atoms with Crippen LogP contribution in [0.4, 0.5) is 0 Å². The van der Waals surface area contributed by atoms with Gasteiger partial charge >= 0.3 is 0 Å². The van der Waals surface area contributed by atoms with Gasteiger partial charge in [0, 0.05) is 4.50 Å². The van der Waals surface area contributed by atoms with Crippen molar-refractivity contribution in [3.63, 3.8) is 0 Å². The van der Waals surface area contributed by atoms with E-state index in [-0.39, 0.29) is 0 Å². The van der Waals surface area contributed by atoms with Gasteiger partial charge in [0.15, 0.2) is 14.8 Å². The van der Waals surface area contributed by atoms with Gasteiger partial charge in [0.1, 0.15) is 0 Å². The van der Waals surface area contributed by atoms with Gasteiger partial charge in [0.2, 0.25) is 0 Å². The maximum Gasteiger partial charge on any atom is 0.191 e. The highest BCUT2D eigenvalue weighted by molar-refractivity contribution is 7.42. The predicted molar refractivity (Wildman–Crippen MR) is 70.3 cm³/mol. The molecular formula is C8H14Cl2SSi2. The summed E-state index contributed by atoms with van der Waals surface area (Å²) in [6, 6.07) is 2.15. The first-order valence-corrected chi connectivity index (χ1v) is 13.1. The van der Waals surface area contributed by atoms with Crippen LogP contribution in [0.1, 0.15) is 0 Å². The molecule has 0 atom stereocenters. The summed E-state index contributed by atoms with van der Waals surface area (Å²) in [5.74, 6) is 0. The van der Waals surface area contributed by atoms with Crippen LogP contribution in [0.3, 0.4) is 0 Å². The molecule has 1 aromatic heterocycles. The molecule has 0 saturated heterocycles. The van der Waals surface area contributed by atoms with Crippen molar-refractivity contribution in [3.05, 3.63) is 11.4 Å². The summed E-state index contributed by atoms with van der Waals surface area (Å²) in [4.78, 5) is 0. The van der Waals surface area contributed by atoms with Gasteiger partial charge in [-0.25, -0.2) is 0 Å². The lowest BCUT2D eigenvalue weighted by molar-refractivity contribution is 1.90. The summed E-state index contributed by atoms with van der Waals surface area (Å²) < 4.78 is 1.36. The van der Waals surface area contributed by atoms with Crippen molar-refractivity contribution in [1.82, 2.24) is 0 Å². The van der Waals surface area contributed by atoms with Crippen LogP contribution in [0.15, 0.2) is 11.4 Å². The fraction of sp³-hybridized carbons (Fsp3) is 0.500. The second-order valence-electron chi connectivity index (χ2n) is 4.11. The molecule has 5 heteroatoms. The Morgan fingerprint density at radius 2 is 1.62 bits per heavy atom. The van der Waals surface area contributed by atoms with E-state index < -0.39 is 14.8 Å². The average Bonchev–Trinajstić information content (AvgIpc) is 2.27. The van der Waals surface area contributed by atoms with Gasteiger partial charge in [-0.3, -0.25) is 0 Å². The molecule has 0 aromatic carbocycles. The minimum absolute atomic E-state index is 1.34. The Kier molecular flexibility index (Phi) is 3.35. The molecule has 0 aliphatic heterocycles. The highest BCUT2D eigenvalue weighted by Gasteiger charge is 2.32. The van der Waals surface area contributed by atoms with Gasteiger partial charge in [-0.2, -0.15) is 33.5 Å². The Balaban J connectivity index is 3.19. The Hall–Kier alpha value is 0.714. The summed E-state index contributed by atoms with van der Waals surface area (Å²) in [6.07, 6.45) is 0. The summed E-state index contributed by atoms with van der Waals surface area (Å²) >= 11 is 14.6. The monoisotopic (exact) mass is 268 g/mol. The minimum Gasteiger partial charge on any atom is -0.161 e. The van der Waals surface area contributed by atoms with Gasteiger partial charge in [-0.1, -0.05) is 32.3 Å².